The van der Waals surface area contributed by atoms with Gasteiger partial charge in [-0.3, -0.25) is 0 Å². The predicted molar refractivity (Wildman–Crippen MR) is 67.4 cm³/mol. The lowest BCUT2D eigenvalue weighted by molar-refractivity contribution is 0.251. The molecule has 0 atom stereocenters. The zero-order valence-corrected chi connectivity index (χ0v) is 11.2. The second kappa shape index (κ2) is 4.52. The van der Waals surface area contributed by atoms with Crippen LogP contribution in [0.25, 0.3) is 0 Å². The van der Waals surface area contributed by atoms with Crippen LogP contribution in [0.15, 0.2) is 18.2 Å². The van der Waals surface area contributed by atoms with Crippen LogP contribution in [-0.2, 0) is 0 Å². The van der Waals surface area contributed by atoms with E-state index in [1.54, 1.807) is 12.1 Å². The van der Waals surface area contributed by atoms with Gasteiger partial charge in [-0.15, -0.1) is 0 Å². The molecular formula is C11H11BrCl2O. The van der Waals surface area contributed by atoms with Gasteiger partial charge in [0.25, 0.3) is 0 Å². The highest BCUT2D eigenvalue weighted by Crippen LogP contribution is 2.47. The molecule has 15 heavy (non-hydrogen) atoms. The number of hydrogen-bond donors (Lipinski definition) is 0. The SMILES string of the molecule is Clc1ccc(OCC2(CBr)CC2)cc1Cl. The summed E-state index contributed by atoms with van der Waals surface area (Å²) in [7, 11) is 0. The summed E-state index contributed by atoms with van der Waals surface area (Å²) in [6.07, 6.45) is 2.47. The summed E-state index contributed by atoms with van der Waals surface area (Å²) < 4.78 is 5.69. The maximum Gasteiger partial charge on any atom is 0.120 e. The third-order valence-corrected chi connectivity index (χ3v) is 4.61. The van der Waals surface area contributed by atoms with Gasteiger partial charge >= 0.3 is 0 Å². The molecule has 0 amide bonds. The second-order valence-corrected chi connectivity index (χ2v) is 5.37. The van der Waals surface area contributed by atoms with Crippen LogP contribution in [0.5, 0.6) is 5.75 Å². The molecule has 0 radical (unpaired) electrons. The maximum atomic E-state index is 5.89. The summed E-state index contributed by atoms with van der Waals surface area (Å²) in [5.41, 5.74) is 0.353. The van der Waals surface area contributed by atoms with Crippen molar-refractivity contribution in [3.05, 3.63) is 28.2 Å². The first-order valence-corrected chi connectivity index (χ1v) is 6.67. The molecule has 0 N–H and O–H groups in total. The normalized spacial score (nSPS) is 17.5. The van der Waals surface area contributed by atoms with E-state index in [1.807, 2.05) is 6.07 Å². The molecule has 0 aliphatic heterocycles. The Bertz CT molecular complexity index is 364. The molecule has 0 unspecified atom stereocenters. The van der Waals surface area contributed by atoms with Gasteiger partial charge in [0.2, 0.25) is 0 Å². The summed E-state index contributed by atoms with van der Waals surface area (Å²) >= 11 is 15.2. The van der Waals surface area contributed by atoms with Crippen molar-refractivity contribution < 1.29 is 4.74 Å². The third-order valence-electron chi connectivity index (χ3n) is 2.68. The van der Waals surface area contributed by atoms with Crippen molar-refractivity contribution in [3.8, 4) is 5.75 Å². The van der Waals surface area contributed by atoms with Crippen LogP contribution in [0.4, 0.5) is 0 Å². The molecule has 1 fully saturated rings. The lowest BCUT2D eigenvalue weighted by Gasteiger charge is -2.13. The van der Waals surface area contributed by atoms with E-state index < -0.39 is 0 Å². The molecule has 1 aliphatic carbocycles. The number of rotatable bonds is 4. The molecule has 4 heteroatoms. The van der Waals surface area contributed by atoms with Crippen LogP contribution in [0.2, 0.25) is 10.0 Å². The van der Waals surface area contributed by atoms with Gasteiger partial charge in [0.15, 0.2) is 0 Å². The summed E-state index contributed by atoms with van der Waals surface area (Å²) in [4.78, 5) is 0. The Morgan fingerprint density at radius 3 is 2.53 bits per heavy atom. The Kier molecular flexibility index (Phi) is 3.49. The van der Waals surface area contributed by atoms with E-state index in [1.165, 1.54) is 12.8 Å². The van der Waals surface area contributed by atoms with Crippen LogP contribution in [-0.4, -0.2) is 11.9 Å². The standard InChI is InChI=1S/C11H11BrCl2O/c12-6-11(3-4-11)7-15-8-1-2-9(13)10(14)5-8/h1-2,5H,3-4,6-7H2. The van der Waals surface area contributed by atoms with Crippen LogP contribution in [0.3, 0.4) is 0 Å². The first kappa shape index (κ1) is 11.6. The molecule has 0 saturated heterocycles. The topological polar surface area (TPSA) is 9.23 Å². The zero-order chi connectivity index (χ0) is 10.9. The van der Waals surface area contributed by atoms with Crippen molar-refractivity contribution in [1.29, 1.82) is 0 Å². The number of halogens is 3. The van der Waals surface area contributed by atoms with Crippen LogP contribution in [0, 0.1) is 5.41 Å². The van der Waals surface area contributed by atoms with Crippen LogP contribution >= 0.6 is 39.1 Å². The van der Waals surface area contributed by atoms with Crippen molar-refractivity contribution in [1.82, 2.24) is 0 Å². The lowest BCUT2D eigenvalue weighted by atomic mass is 10.2. The first-order chi connectivity index (χ1) is 7.15. The molecular weight excluding hydrogens is 299 g/mol. The summed E-state index contributed by atoms with van der Waals surface area (Å²) in [6.45, 7) is 0.746. The van der Waals surface area contributed by atoms with E-state index in [-0.39, 0.29) is 0 Å². The van der Waals surface area contributed by atoms with Crippen molar-refractivity contribution >= 4 is 39.1 Å². The number of hydrogen-bond acceptors (Lipinski definition) is 1. The highest BCUT2D eigenvalue weighted by Gasteiger charge is 2.42. The van der Waals surface area contributed by atoms with Gasteiger partial charge in [0.05, 0.1) is 16.7 Å². The van der Waals surface area contributed by atoms with E-state index in [9.17, 15) is 0 Å². The average molecular weight is 310 g/mol. The molecule has 1 aromatic carbocycles. The van der Waals surface area contributed by atoms with Gasteiger partial charge in [-0.25, -0.2) is 0 Å². The number of alkyl halides is 1. The molecule has 1 aliphatic rings. The summed E-state index contributed by atoms with van der Waals surface area (Å²) in [5.74, 6) is 0.789. The van der Waals surface area contributed by atoms with Crippen molar-refractivity contribution in [2.75, 3.05) is 11.9 Å². The monoisotopic (exact) mass is 308 g/mol. The Morgan fingerprint density at radius 2 is 2.00 bits per heavy atom. The largest absolute Gasteiger partial charge is 0.493 e. The molecule has 2 rings (SSSR count). The van der Waals surface area contributed by atoms with Gasteiger partial charge in [0.1, 0.15) is 5.75 Å². The van der Waals surface area contributed by atoms with Gasteiger partial charge in [-0.2, -0.15) is 0 Å². The van der Waals surface area contributed by atoms with Gasteiger partial charge in [-0.1, -0.05) is 39.1 Å². The van der Waals surface area contributed by atoms with E-state index in [2.05, 4.69) is 15.9 Å². The average Bonchev–Trinajstić information content (AvgIpc) is 3.01. The summed E-state index contributed by atoms with van der Waals surface area (Å²) in [5, 5.41) is 2.10. The van der Waals surface area contributed by atoms with Gasteiger partial charge in [-0.05, 0) is 25.0 Å². The fraction of sp³-hybridized carbons (Fsp3) is 0.455. The van der Waals surface area contributed by atoms with Crippen molar-refractivity contribution in [3.63, 3.8) is 0 Å². The number of ether oxygens (including phenoxy) is 1. The molecule has 82 valence electrons. The smallest absolute Gasteiger partial charge is 0.120 e. The molecule has 1 nitrogen and oxygen atoms in total. The minimum Gasteiger partial charge on any atom is -0.493 e. The minimum atomic E-state index is 0.353. The molecule has 1 saturated carbocycles. The van der Waals surface area contributed by atoms with Crippen LogP contribution < -0.4 is 4.74 Å². The Hall–Kier alpha value is 0.0800. The molecule has 1 aromatic rings. The van der Waals surface area contributed by atoms with Crippen molar-refractivity contribution in [2.45, 2.75) is 12.8 Å². The molecule has 0 heterocycles. The highest BCUT2D eigenvalue weighted by molar-refractivity contribution is 9.09. The maximum absolute atomic E-state index is 5.89. The second-order valence-electron chi connectivity index (χ2n) is 4.00. The number of benzene rings is 1. The van der Waals surface area contributed by atoms with E-state index >= 15 is 0 Å². The first-order valence-electron chi connectivity index (χ1n) is 4.79. The van der Waals surface area contributed by atoms with Gasteiger partial charge < -0.3 is 4.74 Å². The molecule has 0 aromatic heterocycles. The third kappa shape index (κ3) is 2.80. The van der Waals surface area contributed by atoms with E-state index in [0.29, 0.717) is 15.5 Å². The minimum absolute atomic E-state index is 0.353. The highest BCUT2D eigenvalue weighted by atomic mass is 79.9. The van der Waals surface area contributed by atoms with Gasteiger partial charge in [0, 0.05) is 16.8 Å². The fourth-order valence-corrected chi connectivity index (χ4v) is 2.31. The predicted octanol–water partition coefficient (Wildman–Crippen LogP) is 4.55. The summed E-state index contributed by atoms with van der Waals surface area (Å²) in [6, 6.07) is 5.36. The van der Waals surface area contributed by atoms with E-state index in [4.69, 9.17) is 27.9 Å². The molecule has 0 bridgehead atoms. The lowest BCUT2D eigenvalue weighted by Crippen LogP contribution is -2.14. The Balaban J connectivity index is 1.96. The van der Waals surface area contributed by atoms with E-state index in [0.717, 1.165) is 17.7 Å². The zero-order valence-electron chi connectivity index (χ0n) is 8.10. The quantitative estimate of drug-likeness (QED) is 0.742. The van der Waals surface area contributed by atoms with Crippen LogP contribution in [0.1, 0.15) is 12.8 Å². The Morgan fingerprint density at radius 1 is 1.27 bits per heavy atom. The fourth-order valence-electron chi connectivity index (χ4n) is 1.30. The van der Waals surface area contributed by atoms with Crippen molar-refractivity contribution in [2.24, 2.45) is 5.41 Å². The molecule has 0 spiro atoms. The Labute approximate surface area is 108 Å².